The van der Waals surface area contributed by atoms with Crippen LogP contribution in [0.3, 0.4) is 0 Å². The Labute approximate surface area is 147 Å². The zero-order valence-electron chi connectivity index (χ0n) is 14.7. The molecule has 1 fully saturated rings. The highest BCUT2D eigenvalue weighted by Crippen LogP contribution is 2.15. The quantitative estimate of drug-likeness (QED) is 0.784. The lowest BCUT2D eigenvalue weighted by Gasteiger charge is -2.13. The summed E-state index contributed by atoms with van der Waals surface area (Å²) in [5, 5.41) is 8.41. The number of unbranched alkanes of at least 4 members (excludes halogenated alkanes) is 2. The van der Waals surface area contributed by atoms with E-state index in [1.54, 1.807) is 12.1 Å². The van der Waals surface area contributed by atoms with E-state index in [0.29, 0.717) is 29.6 Å². The van der Waals surface area contributed by atoms with E-state index in [1.165, 1.54) is 4.68 Å². The number of nitrogens with zero attached hydrogens (tertiary/aromatic N) is 2. The van der Waals surface area contributed by atoms with Crippen molar-refractivity contribution in [2.24, 2.45) is 0 Å². The summed E-state index contributed by atoms with van der Waals surface area (Å²) in [4.78, 5) is 25.3. The second-order valence-electron chi connectivity index (χ2n) is 6.47. The molecule has 2 heterocycles. The van der Waals surface area contributed by atoms with Crippen LogP contribution in [0.25, 0.3) is 10.8 Å². The number of aromatic nitrogens is 2. The predicted molar refractivity (Wildman–Crippen MR) is 96.8 cm³/mol. The third kappa shape index (κ3) is 4.07. The second kappa shape index (κ2) is 8.25. The summed E-state index contributed by atoms with van der Waals surface area (Å²) in [6, 6.07) is 7.17. The number of hydrogen-bond donors (Lipinski definition) is 1. The van der Waals surface area contributed by atoms with Gasteiger partial charge in [0.05, 0.1) is 11.5 Å². The first-order chi connectivity index (χ1) is 12.2. The van der Waals surface area contributed by atoms with Gasteiger partial charge in [-0.25, -0.2) is 4.68 Å². The molecule has 1 saturated heterocycles. The Bertz CT molecular complexity index is 794. The van der Waals surface area contributed by atoms with Crippen LogP contribution in [-0.2, 0) is 11.3 Å². The average molecular weight is 343 g/mol. The van der Waals surface area contributed by atoms with E-state index in [1.807, 2.05) is 12.1 Å². The Balaban J connectivity index is 1.87. The maximum Gasteiger partial charge on any atom is 0.274 e. The number of nitrogens with one attached hydrogen (secondary N) is 1. The van der Waals surface area contributed by atoms with E-state index in [2.05, 4.69) is 17.3 Å². The highest BCUT2D eigenvalue weighted by Gasteiger charge is 2.20. The smallest absolute Gasteiger partial charge is 0.274 e. The van der Waals surface area contributed by atoms with Crippen LogP contribution in [0.4, 0.5) is 0 Å². The van der Waals surface area contributed by atoms with Crippen LogP contribution in [0.5, 0.6) is 0 Å². The molecule has 1 aliphatic heterocycles. The SMILES string of the molecule is CCCCCn1nc(C(=O)NC[C@H]2CCCO2)c2ccccc2c1=O. The molecule has 1 N–H and O–H groups in total. The molecular formula is C19H25N3O3. The minimum absolute atomic E-state index is 0.0747. The number of fused-ring (bicyclic) bond motifs is 1. The molecule has 134 valence electrons. The van der Waals surface area contributed by atoms with Crippen molar-refractivity contribution < 1.29 is 9.53 Å². The number of amides is 1. The van der Waals surface area contributed by atoms with Crippen molar-refractivity contribution >= 4 is 16.7 Å². The number of ether oxygens (including phenoxy) is 1. The standard InChI is InChI=1S/C19H25N3O3/c1-2-3-6-11-22-19(24)16-10-5-4-9-15(16)17(21-22)18(23)20-13-14-8-7-12-25-14/h4-5,9-10,14H,2-3,6-8,11-13H2,1H3,(H,20,23)/t14-/m1/s1. The molecule has 0 spiro atoms. The number of aryl methyl sites for hydroxylation is 1. The highest BCUT2D eigenvalue weighted by atomic mass is 16.5. The minimum Gasteiger partial charge on any atom is -0.376 e. The third-order valence-electron chi connectivity index (χ3n) is 4.57. The Morgan fingerprint density at radius 2 is 2.12 bits per heavy atom. The van der Waals surface area contributed by atoms with Gasteiger partial charge >= 0.3 is 0 Å². The van der Waals surface area contributed by atoms with Gasteiger partial charge in [-0.05, 0) is 25.3 Å². The monoisotopic (exact) mass is 343 g/mol. The van der Waals surface area contributed by atoms with Crippen molar-refractivity contribution in [1.82, 2.24) is 15.1 Å². The van der Waals surface area contributed by atoms with Gasteiger partial charge in [0.2, 0.25) is 0 Å². The van der Waals surface area contributed by atoms with Gasteiger partial charge in [-0.3, -0.25) is 9.59 Å². The zero-order chi connectivity index (χ0) is 17.6. The predicted octanol–water partition coefficient (Wildman–Crippen LogP) is 2.50. The number of carbonyl (C=O) groups is 1. The molecule has 0 radical (unpaired) electrons. The highest BCUT2D eigenvalue weighted by molar-refractivity contribution is 6.04. The number of benzene rings is 1. The Morgan fingerprint density at radius 1 is 1.32 bits per heavy atom. The molecule has 1 aromatic carbocycles. The van der Waals surface area contributed by atoms with Crippen LogP contribution in [0.15, 0.2) is 29.1 Å². The molecule has 3 rings (SSSR count). The Kier molecular flexibility index (Phi) is 5.81. The van der Waals surface area contributed by atoms with Gasteiger partial charge in [0.25, 0.3) is 11.5 Å². The van der Waals surface area contributed by atoms with Crippen molar-refractivity contribution in [1.29, 1.82) is 0 Å². The molecule has 6 heteroatoms. The van der Waals surface area contributed by atoms with E-state index >= 15 is 0 Å². The zero-order valence-corrected chi connectivity index (χ0v) is 14.7. The summed E-state index contributed by atoms with van der Waals surface area (Å²) in [7, 11) is 0. The van der Waals surface area contributed by atoms with Gasteiger partial charge in [0.1, 0.15) is 0 Å². The number of carbonyl (C=O) groups excluding carboxylic acids is 1. The lowest BCUT2D eigenvalue weighted by Crippen LogP contribution is -2.34. The van der Waals surface area contributed by atoms with Gasteiger partial charge in [-0.15, -0.1) is 0 Å². The van der Waals surface area contributed by atoms with Gasteiger partial charge in [0.15, 0.2) is 5.69 Å². The lowest BCUT2D eigenvalue weighted by atomic mass is 10.1. The van der Waals surface area contributed by atoms with Gasteiger partial charge in [-0.1, -0.05) is 38.0 Å². The van der Waals surface area contributed by atoms with Crippen LogP contribution in [-0.4, -0.2) is 34.9 Å². The van der Waals surface area contributed by atoms with E-state index < -0.39 is 0 Å². The van der Waals surface area contributed by atoms with Crippen molar-refractivity contribution in [2.75, 3.05) is 13.2 Å². The summed E-state index contributed by atoms with van der Waals surface area (Å²) in [6.07, 6.45) is 5.04. The van der Waals surface area contributed by atoms with Crippen LogP contribution in [0.1, 0.15) is 49.5 Å². The van der Waals surface area contributed by atoms with Crippen molar-refractivity contribution in [3.63, 3.8) is 0 Å². The molecule has 6 nitrogen and oxygen atoms in total. The van der Waals surface area contributed by atoms with Crippen molar-refractivity contribution in [2.45, 2.75) is 51.7 Å². The summed E-state index contributed by atoms with van der Waals surface area (Å²) in [5.41, 5.74) is 0.173. The fourth-order valence-corrected chi connectivity index (χ4v) is 3.16. The summed E-state index contributed by atoms with van der Waals surface area (Å²) >= 11 is 0. The largest absolute Gasteiger partial charge is 0.376 e. The molecule has 1 aliphatic rings. The van der Waals surface area contributed by atoms with Crippen LogP contribution in [0.2, 0.25) is 0 Å². The molecule has 25 heavy (non-hydrogen) atoms. The molecule has 0 unspecified atom stereocenters. The number of rotatable bonds is 7. The van der Waals surface area contributed by atoms with Crippen molar-refractivity contribution in [3.05, 3.63) is 40.3 Å². The first kappa shape index (κ1) is 17.6. The van der Waals surface area contributed by atoms with Gasteiger partial charge < -0.3 is 10.1 Å². The van der Waals surface area contributed by atoms with E-state index in [0.717, 1.165) is 38.7 Å². The molecular weight excluding hydrogens is 318 g/mol. The Morgan fingerprint density at radius 3 is 2.84 bits per heavy atom. The first-order valence-electron chi connectivity index (χ1n) is 9.10. The van der Waals surface area contributed by atoms with Gasteiger partial charge in [-0.2, -0.15) is 5.10 Å². The van der Waals surface area contributed by atoms with E-state index in [-0.39, 0.29) is 17.6 Å². The van der Waals surface area contributed by atoms with Crippen LogP contribution >= 0.6 is 0 Å². The minimum atomic E-state index is -0.254. The van der Waals surface area contributed by atoms with Crippen LogP contribution < -0.4 is 10.9 Å². The average Bonchev–Trinajstić information content (AvgIpc) is 3.15. The normalized spacial score (nSPS) is 17.1. The van der Waals surface area contributed by atoms with E-state index in [9.17, 15) is 9.59 Å². The second-order valence-corrected chi connectivity index (χ2v) is 6.47. The topological polar surface area (TPSA) is 73.2 Å². The van der Waals surface area contributed by atoms with Crippen molar-refractivity contribution in [3.8, 4) is 0 Å². The van der Waals surface area contributed by atoms with E-state index in [4.69, 9.17) is 4.74 Å². The van der Waals surface area contributed by atoms with Crippen LogP contribution in [0, 0.1) is 0 Å². The summed E-state index contributed by atoms with van der Waals surface area (Å²) < 4.78 is 6.97. The maximum atomic E-state index is 12.7. The molecule has 0 bridgehead atoms. The first-order valence-corrected chi connectivity index (χ1v) is 9.10. The molecule has 1 atom stereocenters. The Hall–Kier alpha value is -2.21. The maximum absolute atomic E-state index is 12.7. The fourth-order valence-electron chi connectivity index (χ4n) is 3.16. The summed E-state index contributed by atoms with van der Waals surface area (Å²) in [5.74, 6) is -0.254. The molecule has 2 aromatic rings. The molecule has 1 amide bonds. The molecule has 0 aliphatic carbocycles. The number of hydrogen-bond acceptors (Lipinski definition) is 4. The fraction of sp³-hybridized carbons (Fsp3) is 0.526. The molecule has 1 aromatic heterocycles. The summed E-state index contributed by atoms with van der Waals surface area (Å²) in [6.45, 7) is 3.87. The third-order valence-corrected chi connectivity index (χ3v) is 4.57. The lowest BCUT2D eigenvalue weighted by molar-refractivity contribution is 0.0853. The van der Waals surface area contributed by atoms with Gasteiger partial charge in [0, 0.05) is 25.1 Å². The molecule has 0 saturated carbocycles.